The van der Waals surface area contributed by atoms with Crippen molar-refractivity contribution in [2.75, 3.05) is 0 Å². The van der Waals surface area contributed by atoms with Gasteiger partial charge >= 0.3 is 22.5 Å². The molecule has 0 heterocycles. The van der Waals surface area contributed by atoms with Gasteiger partial charge in [-0.1, -0.05) is 0 Å². The van der Waals surface area contributed by atoms with Crippen molar-refractivity contribution in [3.63, 3.8) is 0 Å². The first-order valence-electron chi connectivity index (χ1n) is 0.309. The summed E-state index contributed by atoms with van der Waals surface area (Å²) in [7, 11) is 0. The molecule has 0 aliphatic rings. The van der Waals surface area contributed by atoms with Gasteiger partial charge in [0.25, 0.3) is 0 Å². The monoisotopic (exact) mass is 159 g/mol. The van der Waals surface area contributed by atoms with E-state index in [4.69, 9.17) is 7.67 Å². The minimum atomic E-state index is -1.44. The summed E-state index contributed by atoms with van der Waals surface area (Å²) < 4.78 is 16.8. The molecule has 5 heavy (non-hydrogen) atoms. The molecule has 0 aromatic heterocycles. The SMILES string of the molecule is Cl.Cl.[O]=[Mn]=[O]. The molecule has 0 N–H and O–H groups in total. The van der Waals surface area contributed by atoms with Gasteiger partial charge in [0.1, 0.15) is 0 Å². The number of rotatable bonds is 0. The summed E-state index contributed by atoms with van der Waals surface area (Å²) in [5.41, 5.74) is 0. The van der Waals surface area contributed by atoms with Gasteiger partial charge in [0.15, 0.2) is 0 Å². The van der Waals surface area contributed by atoms with E-state index in [9.17, 15) is 0 Å². The van der Waals surface area contributed by atoms with Crippen molar-refractivity contribution in [1.29, 1.82) is 0 Å². The van der Waals surface area contributed by atoms with Crippen molar-refractivity contribution in [3.05, 3.63) is 0 Å². The second kappa shape index (κ2) is 22.3. The fourth-order valence-corrected chi connectivity index (χ4v) is 0. The van der Waals surface area contributed by atoms with Crippen LogP contribution in [0.2, 0.25) is 0 Å². The first kappa shape index (κ1) is 17.3. The standard InChI is InChI=1S/2ClH.Mn.2O/h2*1H;;;. The second-order valence-electron chi connectivity index (χ2n) is 0.0630. The van der Waals surface area contributed by atoms with Gasteiger partial charge in [0.2, 0.25) is 0 Å². The van der Waals surface area contributed by atoms with Gasteiger partial charge < -0.3 is 0 Å². The van der Waals surface area contributed by atoms with Crippen molar-refractivity contribution < 1.29 is 22.5 Å². The zero-order valence-corrected chi connectivity index (χ0v) is 4.82. The Labute approximate surface area is 47.7 Å². The summed E-state index contributed by atoms with van der Waals surface area (Å²) in [6.45, 7) is 0. The molecule has 2 nitrogen and oxygen atoms in total. The quantitative estimate of drug-likeness (QED) is 0.486. The Balaban J connectivity index is -0.0000000200. The summed E-state index contributed by atoms with van der Waals surface area (Å²) >= 11 is -1.44. The van der Waals surface area contributed by atoms with Gasteiger partial charge in [-0.2, -0.15) is 0 Å². The third-order valence-corrected chi connectivity index (χ3v) is 0. The molecule has 0 atom stereocenters. The summed E-state index contributed by atoms with van der Waals surface area (Å²) in [6.07, 6.45) is 0. The first-order valence-corrected chi connectivity index (χ1v) is 1.27. The molecule has 0 aliphatic carbocycles. The van der Waals surface area contributed by atoms with E-state index in [1.54, 1.807) is 0 Å². The van der Waals surface area contributed by atoms with Crippen LogP contribution >= 0.6 is 24.8 Å². The molecule has 0 aromatic rings. The van der Waals surface area contributed by atoms with E-state index < -0.39 is 14.8 Å². The number of halogens is 2. The molecule has 0 bridgehead atoms. The maximum absolute atomic E-state index is 8.41. The fourth-order valence-electron chi connectivity index (χ4n) is 0. The summed E-state index contributed by atoms with van der Waals surface area (Å²) in [5, 5.41) is 0. The molecular formula is H2Cl2MnO2. The van der Waals surface area contributed by atoms with E-state index in [0.717, 1.165) is 0 Å². The van der Waals surface area contributed by atoms with Crippen LogP contribution in [0.25, 0.3) is 0 Å². The van der Waals surface area contributed by atoms with Crippen LogP contribution in [0.15, 0.2) is 0 Å². The van der Waals surface area contributed by atoms with Crippen molar-refractivity contribution in [1.82, 2.24) is 0 Å². The predicted octanol–water partition coefficient (Wildman–Crippen LogP) is 0.603. The molecule has 0 unspecified atom stereocenters. The Hall–Kier alpha value is 0.699. The van der Waals surface area contributed by atoms with Gasteiger partial charge in [-0.25, -0.2) is 0 Å². The molecule has 5 heteroatoms. The Morgan fingerprint density at radius 2 is 1.00 bits per heavy atom. The third kappa shape index (κ3) is 70.0. The molecule has 0 saturated heterocycles. The molecule has 0 spiro atoms. The molecule has 0 fully saturated rings. The van der Waals surface area contributed by atoms with Crippen LogP contribution in [0.1, 0.15) is 0 Å². The van der Waals surface area contributed by atoms with Crippen LogP contribution in [-0.4, -0.2) is 0 Å². The zero-order chi connectivity index (χ0) is 2.71. The molecule has 0 aromatic carbocycles. The van der Waals surface area contributed by atoms with Crippen LogP contribution in [0, 0.1) is 0 Å². The summed E-state index contributed by atoms with van der Waals surface area (Å²) in [4.78, 5) is 0. The fraction of sp³-hybridized carbons (Fsp3) is 0. The Morgan fingerprint density at radius 3 is 1.00 bits per heavy atom. The predicted molar refractivity (Wildman–Crippen MR) is 15.9 cm³/mol. The van der Waals surface area contributed by atoms with Crippen molar-refractivity contribution in [2.45, 2.75) is 0 Å². The maximum atomic E-state index is 8.41. The van der Waals surface area contributed by atoms with Crippen LogP contribution in [0.4, 0.5) is 0 Å². The molecule has 0 aliphatic heterocycles. The number of hydrogen-bond donors (Lipinski definition) is 0. The van der Waals surface area contributed by atoms with Gasteiger partial charge in [-0.15, -0.1) is 24.8 Å². The Kier molecular flexibility index (Phi) is 76.9. The van der Waals surface area contributed by atoms with Gasteiger partial charge in [0, 0.05) is 0 Å². The average Bonchev–Trinajstić information content (AvgIpc) is 0.918. The van der Waals surface area contributed by atoms with E-state index in [-0.39, 0.29) is 24.8 Å². The van der Waals surface area contributed by atoms with E-state index in [2.05, 4.69) is 0 Å². The van der Waals surface area contributed by atoms with E-state index in [0.29, 0.717) is 0 Å². The van der Waals surface area contributed by atoms with Crippen LogP contribution in [0.3, 0.4) is 0 Å². The van der Waals surface area contributed by atoms with Crippen molar-refractivity contribution >= 4 is 24.8 Å². The Morgan fingerprint density at radius 1 is 1.00 bits per heavy atom. The number of hydrogen-bond acceptors (Lipinski definition) is 2. The topological polar surface area (TPSA) is 34.1 Å². The molecular weight excluding hydrogens is 158 g/mol. The van der Waals surface area contributed by atoms with E-state index >= 15 is 0 Å². The molecule has 0 saturated carbocycles. The molecule has 0 amide bonds. The normalized spacial score (nSPS) is 2.40. The van der Waals surface area contributed by atoms with Crippen LogP contribution < -0.4 is 0 Å². The van der Waals surface area contributed by atoms with Crippen molar-refractivity contribution in [3.8, 4) is 0 Å². The Bertz CT molecular complexity index is 28.6. The van der Waals surface area contributed by atoms with Crippen LogP contribution in [-0.2, 0) is 22.5 Å². The summed E-state index contributed by atoms with van der Waals surface area (Å²) in [5.74, 6) is 0. The van der Waals surface area contributed by atoms with E-state index in [1.807, 2.05) is 0 Å². The molecule has 35 valence electrons. The van der Waals surface area contributed by atoms with Gasteiger partial charge in [0.05, 0.1) is 0 Å². The summed E-state index contributed by atoms with van der Waals surface area (Å²) in [6, 6.07) is 0. The third-order valence-electron chi connectivity index (χ3n) is 0. The van der Waals surface area contributed by atoms with E-state index in [1.165, 1.54) is 0 Å². The van der Waals surface area contributed by atoms with Crippen molar-refractivity contribution in [2.24, 2.45) is 0 Å². The van der Waals surface area contributed by atoms with Gasteiger partial charge in [-0.05, 0) is 0 Å². The second-order valence-corrected chi connectivity index (χ2v) is 0.260. The molecule has 0 rings (SSSR count). The van der Waals surface area contributed by atoms with Gasteiger partial charge in [-0.3, -0.25) is 0 Å². The minimum absolute atomic E-state index is 0. The average molecular weight is 160 g/mol. The first-order chi connectivity index (χ1) is 1.41. The van der Waals surface area contributed by atoms with Crippen LogP contribution in [0.5, 0.6) is 0 Å². The zero-order valence-electron chi connectivity index (χ0n) is 2.01. The molecule has 0 radical (unpaired) electrons.